The number of hydrogen-bond acceptors (Lipinski definition) is 2. The van der Waals surface area contributed by atoms with Crippen LogP contribution in [0.15, 0.2) is 12.4 Å². The highest BCUT2D eigenvalue weighted by atomic mass is 19.4. The van der Waals surface area contributed by atoms with E-state index in [1.165, 1.54) is 0 Å². The van der Waals surface area contributed by atoms with E-state index in [1.807, 2.05) is 0 Å². The van der Waals surface area contributed by atoms with Crippen molar-refractivity contribution >= 4 is 5.91 Å². The van der Waals surface area contributed by atoms with Gasteiger partial charge in [0.2, 0.25) is 5.91 Å². The quantitative estimate of drug-likeness (QED) is 0.755. The zero-order chi connectivity index (χ0) is 12.7. The minimum Gasteiger partial charge on any atom is -0.356 e. The average molecular weight is 249 g/mol. The van der Waals surface area contributed by atoms with Gasteiger partial charge in [0.25, 0.3) is 0 Å². The molecule has 96 valence electrons. The van der Waals surface area contributed by atoms with Crippen LogP contribution in [0.25, 0.3) is 0 Å². The van der Waals surface area contributed by atoms with Crippen LogP contribution in [0.2, 0.25) is 0 Å². The van der Waals surface area contributed by atoms with E-state index >= 15 is 0 Å². The third-order valence-electron chi connectivity index (χ3n) is 2.10. The van der Waals surface area contributed by atoms with Gasteiger partial charge in [-0.05, 0) is 6.42 Å². The van der Waals surface area contributed by atoms with Gasteiger partial charge in [0, 0.05) is 31.8 Å². The number of aryl methyl sites for hydroxylation is 1. The van der Waals surface area contributed by atoms with Gasteiger partial charge in [-0.1, -0.05) is 0 Å². The Morgan fingerprint density at radius 3 is 2.82 bits per heavy atom. The molecule has 1 aromatic heterocycles. The van der Waals surface area contributed by atoms with Gasteiger partial charge in [0.1, 0.15) is 5.82 Å². The fourth-order valence-electron chi connectivity index (χ4n) is 1.26. The lowest BCUT2D eigenvalue weighted by Crippen LogP contribution is -2.26. The number of amides is 1. The minimum absolute atomic E-state index is 0.359. The Morgan fingerprint density at radius 1 is 1.47 bits per heavy atom. The maximum absolute atomic E-state index is 11.8. The Kier molecular flexibility index (Phi) is 4.99. The standard InChI is InChI=1S/C10H14F3N3O/c11-10(12,13)4-3-9(17)16-5-1-2-8-14-6-7-15-8/h6-7H,1-5H2,(H,14,15)(H,16,17). The van der Waals surface area contributed by atoms with Crippen LogP contribution in [0, 0.1) is 0 Å². The molecule has 4 nitrogen and oxygen atoms in total. The second-order valence-corrected chi connectivity index (χ2v) is 3.60. The number of H-pyrrole nitrogens is 1. The highest BCUT2D eigenvalue weighted by Crippen LogP contribution is 2.20. The van der Waals surface area contributed by atoms with Crippen LogP contribution in [0.4, 0.5) is 13.2 Å². The number of aromatic nitrogens is 2. The van der Waals surface area contributed by atoms with Crippen molar-refractivity contribution in [1.29, 1.82) is 0 Å². The second-order valence-electron chi connectivity index (χ2n) is 3.60. The molecule has 0 aliphatic carbocycles. The van der Waals surface area contributed by atoms with Crippen molar-refractivity contribution in [3.63, 3.8) is 0 Å². The summed E-state index contributed by atoms with van der Waals surface area (Å²) >= 11 is 0. The molecule has 0 aromatic carbocycles. The third kappa shape index (κ3) is 6.60. The summed E-state index contributed by atoms with van der Waals surface area (Å²) in [5.74, 6) is 0.233. The van der Waals surface area contributed by atoms with E-state index in [1.54, 1.807) is 12.4 Å². The maximum atomic E-state index is 11.8. The Labute approximate surface area is 96.6 Å². The molecule has 7 heteroatoms. The molecule has 0 spiro atoms. The lowest BCUT2D eigenvalue weighted by molar-refractivity contribution is -0.144. The average Bonchev–Trinajstić information content (AvgIpc) is 2.73. The molecular weight excluding hydrogens is 235 g/mol. The van der Waals surface area contributed by atoms with Crippen LogP contribution >= 0.6 is 0 Å². The SMILES string of the molecule is O=C(CCC(F)(F)F)NCCCc1ncc[nH]1. The van der Waals surface area contributed by atoms with Gasteiger partial charge in [0.05, 0.1) is 6.42 Å². The number of carbonyl (C=O) groups excluding carboxylic acids is 1. The first-order valence-corrected chi connectivity index (χ1v) is 5.29. The van der Waals surface area contributed by atoms with Gasteiger partial charge in [-0.15, -0.1) is 0 Å². The molecule has 1 rings (SSSR count). The van der Waals surface area contributed by atoms with Crippen LogP contribution < -0.4 is 5.32 Å². The minimum atomic E-state index is -4.27. The Balaban J connectivity index is 2.04. The number of nitrogens with zero attached hydrogens (tertiary/aromatic N) is 1. The van der Waals surface area contributed by atoms with Crippen LogP contribution in [-0.2, 0) is 11.2 Å². The molecule has 1 heterocycles. The van der Waals surface area contributed by atoms with Gasteiger partial charge in [0.15, 0.2) is 0 Å². The summed E-state index contributed by atoms with van der Waals surface area (Å²) in [5, 5.41) is 2.44. The largest absolute Gasteiger partial charge is 0.389 e. The predicted molar refractivity (Wildman–Crippen MR) is 55.2 cm³/mol. The van der Waals surface area contributed by atoms with Gasteiger partial charge >= 0.3 is 6.18 Å². The van der Waals surface area contributed by atoms with Gasteiger partial charge in [-0.2, -0.15) is 13.2 Å². The molecule has 0 aliphatic rings. The smallest absolute Gasteiger partial charge is 0.356 e. The number of carbonyl (C=O) groups is 1. The summed E-state index contributed by atoms with van der Waals surface area (Å²) in [6.45, 7) is 0.359. The van der Waals surface area contributed by atoms with Gasteiger partial charge < -0.3 is 10.3 Å². The monoisotopic (exact) mass is 249 g/mol. The number of aromatic amines is 1. The first-order valence-electron chi connectivity index (χ1n) is 5.29. The van der Waals surface area contributed by atoms with E-state index < -0.39 is 24.9 Å². The first-order chi connectivity index (χ1) is 7.97. The molecule has 1 amide bonds. The van der Waals surface area contributed by atoms with E-state index in [0.29, 0.717) is 19.4 Å². The highest BCUT2D eigenvalue weighted by Gasteiger charge is 2.27. The molecule has 2 N–H and O–H groups in total. The lowest BCUT2D eigenvalue weighted by atomic mass is 10.2. The Bertz CT molecular complexity index is 335. The fraction of sp³-hybridized carbons (Fsp3) is 0.600. The normalized spacial score (nSPS) is 11.5. The van der Waals surface area contributed by atoms with Gasteiger partial charge in [-0.3, -0.25) is 4.79 Å². The van der Waals surface area contributed by atoms with E-state index in [9.17, 15) is 18.0 Å². The van der Waals surface area contributed by atoms with Crippen LogP contribution in [0.5, 0.6) is 0 Å². The number of halogens is 3. The van der Waals surface area contributed by atoms with Crippen molar-refractivity contribution in [3.05, 3.63) is 18.2 Å². The maximum Gasteiger partial charge on any atom is 0.389 e. The van der Waals surface area contributed by atoms with Crippen molar-refractivity contribution in [1.82, 2.24) is 15.3 Å². The summed E-state index contributed by atoms with van der Waals surface area (Å²) in [6.07, 6.45) is -1.24. The predicted octanol–water partition coefficient (Wildman–Crippen LogP) is 1.80. The van der Waals surface area contributed by atoms with E-state index in [2.05, 4.69) is 15.3 Å². The number of hydrogen-bond donors (Lipinski definition) is 2. The number of rotatable bonds is 6. The van der Waals surface area contributed by atoms with Crippen molar-refractivity contribution in [2.45, 2.75) is 31.9 Å². The second kappa shape index (κ2) is 6.27. The van der Waals surface area contributed by atoms with Crippen LogP contribution in [0.1, 0.15) is 25.1 Å². The Morgan fingerprint density at radius 2 is 2.24 bits per heavy atom. The lowest BCUT2D eigenvalue weighted by Gasteiger charge is -2.06. The number of imidazole rings is 1. The molecule has 0 fully saturated rings. The summed E-state index contributed by atoms with van der Waals surface area (Å²) in [5.41, 5.74) is 0. The van der Waals surface area contributed by atoms with E-state index in [4.69, 9.17) is 0 Å². The topological polar surface area (TPSA) is 57.8 Å². The summed E-state index contributed by atoms with van der Waals surface area (Å²) in [4.78, 5) is 17.9. The van der Waals surface area contributed by atoms with Crippen molar-refractivity contribution in [3.8, 4) is 0 Å². The van der Waals surface area contributed by atoms with E-state index in [-0.39, 0.29) is 0 Å². The summed E-state index contributed by atoms with van der Waals surface area (Å²) in [6, 6.07) is 0. The first kappa shape index (κ1) is 13.5. The van der Waals surface area contributed by atoms with Crippen molar-refractivity contribution in [2.75, 3.05) is 6.54 Å². The molecule has 1 aromatic rings. The Hall–Kier alpha value is -1.53. The van der Waals surface area contributed by atoms with Crippen LogP contribution in [0.3, 0.4) is 0 Å². The number of nitrogens with one attached hydrogen (secondary N) is 2. The molecule has 0 aliphatic heterocycles. The molecule has 0 atom stereocenters. The molecule has 0 saturated carbocycles. The number of alkyl halides is 3. The van der Waals surface area contributed by atoms with Crippen molar-refractivity contribution < 1.29 is 18.0 Å². The molecule has 17 heavy (non-hydrogen) atoms. The van der Waals surface area contributed by atoms with Crippen molar-refractivity contribution in [2.24, 2.45) is 0 Å². The summed E-state index contributed by atoms with van der Waals surface area (Å²) < 4.78 is 35.4. The molecule has 0 saturated heterocycles. The fourth-order valence-corrected chi connectivity index (χ4v) is 1.26. The zero-order valence-corrected chi connectivity index (χ0v) is 9.18. The molecule has 0 radical (unpaired) electrons. The molecular formula is C10H14F3N3O. The highest BCUT2D eigenvalue weighted by molar-refractivity contribution is 5.75. The van der Waals surface area contributed by atoms with Gasteiger partial charge in [-0.25, -0.2) is 4.98 Å². The molecule has 0 unspecified atom stereocenters. The van der Waals surface area contributed by atoms with Crippen LogP contribution in [-0.4, -0.2) is 28.6 Å². The zero-order valence-electron chi connectivity index (χ0n) is 9.18. The van der Waals surface area contributed by atoms with E-state index in [0.717, 1.165) is 5.82 Å². The third-order valence-corrected chi connectivity index (χ3v) is 2.10. The summed E-state index contributed by atoms with van der Waals surface area (Å²) in [7, 11) is 0. The molecule has 0 bridgehead atoms.